The third-order valence-electron chi connectivity index (χ3n) is 4.17. The van der Waals surface area contributed by atoms with Crippen LogP contribution in [0.25, 0.3) is 15.9 Å². The first kappa shape index (κ1) is 19.1. The summed E-state index contributed by atoms with van der Waals surface area (Å²) >= 11 is 1.32. The van der Waals surface area contributed by atoms with E-state index in [1.807, 2.05) is 11.4 Å². The number of nitrogens with zero attached hydrogens (tertiary/aromatic N) is 2. The van der Waals surface area contributed by atoms with Crippen LogP contribution in [0.15, 0.2) is 45.3 Å². The third-order valence-corrected chi connectivity index (χ3v) is 5.22. The summed E-state index contributed by atoms with van der Waals surface area (Å²) in [6.07, 6.45) is 0.724. The van der Waals surface area contributed by atoms with Crippen molar-refractivity contribution in [2.75, 3.05) is 6.61 Å². The van der Waals surface area contributed by atoms with Gasteiger partial charge in [-0.05, 0) is 42.3 Å². The predicted octanol–water partition coefficient (Wildman–Crippen LogP) is 2.98. The van der Waals surface area contributed by atoms with Crippen LogP contribution in [0, 0.1) is 5.92 Å². The summed E-state index contributed by atoms with van der Waals surface area (Å²) in [5.41, 5.74) is 0.494. The summed E-state index contributed by atoms with van der Waals surface area (Å²) in [6, 6.07) is 8.77. The molecule has 0 radical (unpaired) electrons. The van der Waals surface area contributed by atoms with Crippen LogP contribution in [0.4, 0.5) is 0 Å². The third kappa shape index (κ3) is 3.73. The summed E-state index contributed by atoms with van der Waals surface area (Å²) in [5.74, 6) is -0.143. The molecule has 2 aromatic heterocycles. The van der Waals surface area contributed by atoms with Gasteiger partial charge in [0, 0.05) is 0 Å². The smallest absolute Gasteiger partial charge is 0.337 e. The Balaban J connectivity index is 2.33. The second-order valence-electron chi connectivity index (χ2n) is 6.69. The van der Waals surface area contributed by atoms with Crippen molar-refractivity contribution in [2.45, 2.75) is 33.7 Å². The van der Waals surface area contributed by atoms with E-state index in [1.165, 1.54) is 15.9 Å². The topological polar surface area (TPSA) is 70.3 Å². The standard InChI is InChI=1S/C20H22N2O4S/c1-4-26-16(23)11-21-19-17(14(12-27-19)10-13(2)3)18(24)22(20(21)25)15-8-6-5-7-9-15/h5-9,12-13H,4,10-11H2,1-3H3. The molecule has 2 heterocycles. The molecule has 142 valence electrons. The van der Waals surface area contributed by atoms with Crippen molar-refractivity contribution >= 4 is 27.5 Å². The minimum Gasteiger partial charge on any atom is -0.465 e. The van der Waals surface area contributed by atoms with Gasteiger partial charge in [0.15, 0.2) is 0 Å². The molecule has 0 atom stereocenters. The molecular weight excluding hydrogens is 364 g/mol. The summed E-state index contributed by atoms with van der Waals surface area (Å²) in [6.45, 7) is 5.88. The van der Waals surface area contributed by atoms with Gasteiger partial charge in [0.1, 0.15) is 11.4 Å². The molecule has 0 spiro atoms. The van der Waals surface area contributed by atoms with Crippen LogP contribution in [0.5, 0.6) is 0 Å². The number of rotatable bonds is 6. The van der Waals surface area contributed by atoms with E-state index in [0.717, 1.165) is 16.6 Å². The molecule has 1 aromatic carbocycles. The van der Waals surface area contributed by atoms with Crippen molar-refractivity contribution in [3.8, 4) is 5.69 Å². The van der Waals surface area contributed by atoms with E-state index in [-0.39, 0.29) is 18.7 Å². The number of aromatic nitrogens is 2. The average molecular weight is 386 g/mol. The number of carbonyl (C=O) groups excluding carboxylic acids is 1. The Labute approximate surface area is 160 Å². The van der Waals surface area contributed by atoms with Gasteiger partial charge in [-0.1, -0.05) is 32.0 Å². The summed E-state index contributed by atoms with van der Waals surface area (Å²) < 4.78 is 7.50. The Bertz CT molecular complexity index is 1080. The van der Waals surface area contributed by atoms with Gasteiger partial charge in [-0.25, -0.2) is 9.36 Å². The minimum absolute atomic E-state index is 0.224. The van der Waals surface area contributed by atoms with Crippen LogP contribution >= 0.6 is 11.3 Å². The van der Waals surface area contributed by atoms with Crippen LogP contribution in [-0.2, 0) is 22.5 Å². The van der Waals surface area contributed by atoms with Crippen LogP contribution in [0.2, 0.25) is 0 Å². The van der Waals surface area contributed by atoms with Crippen molar-refractivity contribution in [2.24, 2.45) is 5.92 Å². The number of ether oxygens (including phenoxy) is 1. The first-order valence-corrected chi connectivity index (χ1v) is 9.79. The van der Waals surface area contributed by atoms with E-state index in [4.69, 9.17) is 4.74 Å². The highest BCUT2D eigenvalue weighted by molar-refractivity contribution is 7.17. The minimum atomic E-state index is -0.537. The quantitative estimate of drug-likeness (QED) is 0.611. The van der Waals surface area contributed by atoms with Gasteiger partial charge in [0.2, 0.25) is 0 Å². The van der Waals surface area contributed by atoms with Gasteiger partial charge in [-0.15, -0.1) is 11.3 Å². The molecule has 0 saturated heterocycles. The predicted molar refractivity (Wildman–Crippen MR) is 107 cm³/mol. The van der Waals surface area contributed by atoms with E-state index in [9.17, 15) is 14.4 Å². The zero-order valence-electron chi connectivity index (χ0n) is 15.6. The van der Waals surface area contributed by atoms with E-state index >= 15 is 0 Å². The van der Waals surface area contributed by atoms with E-state index in [2.05, 4.69) is 13.8 Å². The normalized spacial score (nSPS) is 11.3. The van der Waals surface area contributed by atoms with Crippen LogP contribution < -0.4 is 11.2 Å². The fraction of sp³-hybridized carbons (Fsp3) is 0.350. The maximum atomic E-state index is 13.2. The second-order valence-corrected chi connectivity index (χ2v) is 7.55. The van der Waals surface area contributed by atoms with E-state index < -0.39 is 11.7 Å². The number of para-hydroxylation sites is 1. The first-order valence-electron chi connectivity index (χ1n) is 8.91. The average Bonchev–Trinajstić information content (AvgIpc) is 3.03. The Morgan fingerprint density at radius 3 is 2.52 bits per heavy atom. The number of esters is 1. The molecule has 0 N–H and O–H groups in total. The fourth-order valence-electron chi connectivity index (χ4n) is 3.09. The molecule has 0 aliphatic carbocycles. The molecule has 7 heteroatoms. The van der Waals surface area contributed by atoms with Crippen molar-refractivity contribution in [1.29, 1.82) is 0 Å². The molecule has 0 unspecified atom stereocenters. The Hall–Kier alpha value is -2.67. The Morgan fingerprint density at radius 2 is 1.89 bits per heavy atom. The molecule has 3 rings (SSSR count). The lowest BCUT2D eigenvalue weighted by Gasteiger charge is -2.12. The zero-order chi connectivity index (χ0) is 19.6. The largest absolute Gasteiger partial charge is 0.465 e. The highest BCUT2D eigenvalue weighted by atomic mass is 32.1. The number of benzene rings is 1. The SMILES string of the molecule is CCOC(=O)Cn1c(=O)n(-c2ccccc2)c(=O)c2c(CC(C)C)csc21. The maximum Gasteiger partial charge on any atom is 0.337 e. The van der Waals surface area contributed by atoms with Gasteiger partial charge in [-0.2, -0.15) is 0 Å². The van der Waals surface area contributed by atoms with Gasteiger partial charge in [0.05, 0.1) is 17.7 Å². The molecular formula is C20H22N2O4S. The molecule has 3 aromatic rings. The van der Waals surface area contributed by atoms with Gasteiger partial charge in [-0.3, -0.25) is 14.2 Å². The number of thiophene rings is 1. The van der Waals surface area contributed by atoms with Gasteiger partial charge >= 0.3 is 11.7 Å². The van der Waals surface area contributed by atoms with Crippen LogP contribution in [0.3, 0.4) is 0 Å². The lowest BCUT2D eigenvalue weighted by molar-refractivity contribution is -0.143. The van der Waals surface area contributed by atoms with E-state index in [1.54, 1.807) is 31.2 Å². The molecule has 0 fully saturated rings. The monoisotopic (exact) mass is 386 g/mol. The molecule has 0 aliphatic rings. The van der Waals surface area contributed by atoms with Crippen molar-refractivity contribution in [3.05, 3.63) is 62.1 Å². The maximum absolute atomic E-state index is 13.2. The highest BCUT2D eigenvalue weighted by Gasteiger charge is 2.21. The van der Waals surface area contributed by atoms with Crippen LogP contribution in [-0.4, -0.2) is 21.7 Å². The van der Waals surface area contributed by atoms with Crippen molar-refractivity contribution < 1.29 is 9.53 Å². The van der Waals surface area contributed by atoms with Crippen LogP contribution in [0.1, 0.15) is 26.3 Å². The molecule has 0 bridgehead atoms. The van der Waals surface area contributed by atoms with Crippen molar-refractivity contribution in [1.82, 2.24) is 9.13 Å². The summed E-state index contributed by atoms with van der Waals surface area (Å²) in [7, 11) is 0. The summed E-state index contributed by atoms with van der Waals surface area (Å²) in [5, 5.41) is 2.41. The number of hydrogen-bond acceptors (Lipinski definition) is 5. The Kier molecular flexibility index (Phi) is 5.60. The van der Waals surface area contributed by atoms with E-state index in [0.29, 0.717) is 21.8 Å². The lowest BCUT2D eigenvalue weighted by atomic mass is 10.0. The lowest BCUT2D eigenvalue weighted by Crippen LogP contribution is -2.40. The number of fused-ring (bicyclic) bond motifs is 1. The zero-order valence-corrected chi connectivity index (χ0v) is 16.4. The molecule has 6 nitrogen and oxygen atoms in total. The summed E-state index contributed by atoms with van der Waals surface area (Å²) in [4.78, 5) is 38.9. The number of hydrogen-bond donors (Lipinski definition) is 0. The Morgan fingerprint density at radius 1 is 1.19 bits per heavy atom. The highest BCUT2D eigenvalue weighted by Crippen LogP contribution is 2.25. The molecule has 0 saturated carbocycles. The number of carbonyl (C=O) groups is 1. The first-order chi connectivity index (χ1) is 12.9. The van der Waals surface area contributed by atoms with Crippen molar-refractivity contribution in [3.63, 3.8) is 0 Å². The fourth-order valence-corrected chi connectivity index (χ4v) is 4.16. The molecule has 0 aliphatic heterocycles. The molecule has 27 heavy (non-hydrogen) atoms. The van der Waals surface area contributed by atoms with Gasteiger partial charge < -0.3 is 4.74 Å². The second kappa shape index (κ2) is 7.92. The molecule has 0 amide bonds. The van der Waals surface area contributed by atoms with Gasteiger partial charge in [0.25, 0.3) is 5.56 Å².